The second-order valence-corrected chi connectivity index (χ2v) is 7.92. The van der Waals surface area contributed by atoms with Gasteiger partial charge in [0.1, 0.15) is 0 Å². The van der Waals surface area contributed by atoms with Crippen LogP contribution in [-0.4, -0.2) is 32.9 Å². The fraction of sp³-hybridized carbons (Fsp3) is 0.300. The van der Waals surface area contributed by atoms with E-state index in [1.807, 2.05) is 6.92 Å². The molecule has 0 saturated heterocycles. The van der Waals surface area contributed by atoms with Crippen LogP contribution < -0.4 is 10.0 Å². The molecule has 0 fully saturated rings. The molecule has 2 aromatic carbocycles. The third-order valence-electron chi connectivity index (χ3n) is 4.03. The van der Waals surface area contributed by atoms with E-state index in [1.54, 1.807) is 32.0 Å². The summed E-state index contributed by atoms with van der Waals surface area (Å²) in [6, 6.07) is 11.9. The summed E-state index contributed by atoms with van der Waals surface area (Å²) in [6.07, 6.45) is 0.671. The Hall–Kier alpha value is -2.71. The molecule has 2 rings (SSSR count). The summed E-state index contributed by atoms with van der Waals surface area (Å²) < 4.78 is 32.0. The molecule has 0 radical (unpaired) electrons. The molecule has 0 saturated carbocycles. The molecule has 1 atom stereocenters. The highest BCUT2D eigenvalue weighted by Gasteiger charge is 2.17. The molecular formula is C20H24N2O5S. The fourth-order valence-corrected chi connectivity index (χ4v) is 3.67. The summed E-state index contributed by atoms with van der Waals surface area (Å²) in [5.41, 5.74) is 1.06. The Balaban J connectivity index is 2.12. The Bertz CT molecular complexity index is 939. The molecule has 0 aromatic heterocycles. The van der Waals surface area contributed by atoms with Crippen LogP contribution in [0.4, 0.5) is 5.69 Å². The monoisotopic (exact) mass is 404 g/mol. The maximum Gasteiger partial charge on any atom is 0.338 e. The number of esters is 1. The Morgan fingerprint density at radius 1 is 1.04 bits per heavy atom. The van der Waals surface area contributed by atoms with Crippen LogP contribution in [0, 0.1) is 0 Å². The number of carbonyl (C=O) groups is 2. The van der Waals surface area contributed by atoms with Crippen molar-refractivity contribution < 1.29 is 22.7 Å². The van der Waals surface area contributed by atoms with Crippen molar-refractivity contribution in [2.75, 3.05) is 11.9 Å². The predicted molar refractivity (Wildman–Crippen MR) is 107 cm³/mol. The number of hydrogen-bond acceptors (Lipinski definition) is 5. The largest absolute Gasteiger partial charge is 0.462 e. The van der Waals surface area contributed by atoms with Gasteiger partial charge in [0.05, 0.1) is 17.1 Å². The number of carbonyl (C=O) groups excluding carboxylic acids is 2. The second-order valence-electron chi connectivity index (χ2n) is 6.21. The number of ether oxygens (including phenoxy) is 1. The topological polar surface area (TPSA) is 102 Å². The Kier molecular flexibility index (Phi) is 7.31. The number of amides is 1. The van der Waals surface area contributed by atoms with Crippen LogP contribution in [0.3, 0.4) is 0 Å². The summed E-state index contributed by atoms with van der Waals surface area (Å²) in [4.78, 5) is 24.3. The standard InChI is InChI=1S/C20H24N2O5S/c1-4-14(3)22-28(25,26)18-11-9-15(10-12-18)19(23)21-17-8-6-7-16(13-17)20(24)27-5-2/h6-14,22H,4-5H2,1-3H3,(H,21,23)/t14-/m0/s1. The smallest absolute Gasteiger partial charge is 0.338 e. The molecule has 0 spiro atoms. The molecule has 0 aliphatic carbocycles. The minimum absolute atomic E-state index is 0.0914. The lowest BCUT2D eigenvalue weighted by Gasteiger charge is -2.12. The minimum Gasteiger partial charge on any atom is -0.462 e. The summed E-state index contributed by atoms with van der Waals surface area (Å²) in [5.74, 6) is -0.887. The third-order valence-corrected chi connectivity index (χ3v) is 5.63. The van der Waals surface area contributed by atoms with Gasteiger partial charge in [-0.05, 0) is 62.7 Å². The number of sulfonamides is 1. The van der Waals surface area contributed by atoms with E-state index >= 15 is 0 Å². The van der Waals surface area contributed by atoms with E-state index < -0.39 is 21.9 Å². The van der Waals surface area contributed by atoms with Crippen molar-refractivity contribution in [2.45, 2.75) is 38.1 Å². The lowest BCUT2D eigenvalue weighted by Crippen LogP contribution is -2.32. The molecule has 0 aliphatic heterocycles. The van der Waals surface area contributed by atoms with Gasteiger partial charge in [0.15, 0.2) is 0 Å². The van der Waals surface area contributed by atoms with Crippen molar-refractivity contribution in [3.8, 4) is 0 Å². The Morgan fingerprint density at radius 2 is 1.71 bits per heavy atom. The molecule has 2 N–H and O–H groups in total. The number of rotatable bonds is 8. The maximum atomic E-state index is 12.4. The first kappa shape index (κ1) is 21.6. The van der Waals surface area contributed by atoms with Crippen LogP contribution in [0.1, 0.15) is 47.9 Å². The Labute approximate surface area is 165 Å². The molecule has 8 heteroatoms. The highest BCUT2D eigenvalue weighted by atomic mass is 32.2. The second kappa shape index (κ2) is 9.48. The zero-order chi connectivity index (χ0) is 20.7. The quantitative estimate of drug-likeness (QED) is 0.658. The lowest BCUT2D eigenvalue weighted by molar-refractivity contribution is 0.0526. The number of hydrogen-bond donors (Lipinski definition) is 2. The van der Waals surface area contributed by atoms with Gasteiger partial charge in [-0.3, -0.25) is 4.79 Å². The molecule has 1 amide bonds. The zero-order valence-corrected chi connectivity index (χ0v) is 16.9. The van der Waals surface area contributed by atoms with Crippen LogP contribution in [0.5, 0.6) is 0 Å². The van der Waals surface area contributed by atoms with Gasteiger partial charge in [-0.2, -0.15) is 0 Å². The number of anilines is 1. The van der Waals surface area contributed by atoms with Crippen molar-refractivity contribution in [3.05, 3.63) is 59.7 Å². The molecule has 0 bridgehead atoms. The number of benzene rings is 2. The SMILES string of the molecule is CCOC(=O)c1cccc(NC(=O)c2ccc(S(=O)(=O)N[C@@H](C)CC)cc2)c1. The first-order valence-corrected chi connectivity index (χ1v) is 10.5. The van der Waals surface area contributed by atoms with E-state index in [4.69, 9.17) is 4.74 Å². The highest BCUT2D eigenvalue weighted by molar-refractivity contribution is 7.89. The van der Waals surface area contributed by atoms with Crippen LogP contribution in [0.2, 0.25) is 0 Å². The summed E-state index contributed by atoms with van der Waals surface area (Å²) in [5, 5.41) is 2.68. The van der Waals surface area contributed by atoms with Gasteiger partial charge in [-0.15, -0.1) is 0 Å². The van der Waals surface area contributed by atoms with Gasteiger partial charge >= 0.3 is 5.97 Å². The van der Waals surface area contributed by atoms with Crippen molar-refractivity contribution >= 4 is 27.6 Å². The van der Waals surface area contributed by atoms with Crippen LogP contribution in [0.25, 0.3) is 0 Å². The molecular weight excluding hydrogens is 380 g/mol. The van der Waals surface area contributed by atoms with Gasteiger partial charge < -0.3 is 10.1 Å². The normalized spacial score (nSPS) is 12.2. The van der Waals surface area contributed by atoms with E-state index in [2.05, 4.69) is 10.0 Å². The van der Waals surface area contributed by atoms with Crippen LogP contribution in [0.15, 0.2) is 53.4 Å². The molecule has 2 aromatic rings. The van der Waals surface area contributed by atoms with Gasteiger partial charge in [0.2, 0.25) is 10.0 Å². The van der Waals surface area contributed by atoms with E-state index in [9.17, 15) is 18.0 Å². The van der Waals surface area contributed by atoms with Gasteiger partial charge in [0.25, 0.3) is 5.91 Å². The molecule has 28 heavy (non-hydrogen) atoms. The van der Waals surface area contributed by atoms with E-state index in [0.717, 1.165) is 0 Å². The van der Waals surface area contributed by atoms with Crippen molar-refractivity contribution in [2.24, 2.45) is 0 Å². The van der Waals surface area contributed by atoms with Crippen LogP contribution >= 0.6 is 0 Å². The molecule has 0 heterocycles. The first-order valence-electron chi connectivity index (χ1n) is 8.97. The maximum absolute atomic E-state index is 12.4. The summed E-state index contributed by atoms with van der Waals surface area (Å²) in [6.45, 7) is 5.64. The van der Waals surface area contributed by atoms with E-state index in [-0.39, 0.29) is 17.5 Å². The summed E-state index contributed by atoms with van der Waals surface area (Å²) in [7, 11) is -3.63. The van der Waals surface area contributed by atoms with E-state index in [0.29, 0.717) is 23.2 Å². The molecule has 7 nitrogen and oxygen atoms in total. The molecule has 150 valence electrons. The first-order chi connectivity index (χ1) is 13.3. The fourth-order valence-electron chi connectivity index (χ4n) is 2.34. The molecule has 0 aliphatic rings. The van der Waals surface area contributed by atoms with Crippen molar-refractivity contribution in [1.29, 1.82) is 0 Å². The Morgan fingerprint density at radius 3 is 2.32 bits per heavy atom. The average Bonchev–Trinajstić information content (AvgIpc) is 2.68. The van der Waals surface area contributed by atoms with Crippen LogP contribution in [-0.2, 0) is 14.8 Å². The zero-order valence-electron chi connectivity index (χ0n) is 16.1. The third kappa shape index (κ3) is 5.64. The number of nitrogens with one attached hydrogen (secondary N) is 2. The van der Waals surface area contributed by atoms with Crippen molar-refractivity contribution in [3.63, 3.8) is 0 Å². The van der Waals surface area contributed by atoms with Gasteiger partial charge in [-0.25, -0.2) is 17.9 Å². The van der Waals surface area contributed by atoms with E-state index in [1.165, 1.54) is 30.3 Å². The minimum atomic E-state index is -3.63. The summed E-state index contributed by atoms with van der Waals surface area (Å²) >= 11 is 0. The highest BCUT2D eigenvalue weighted by Crippen LogP contribution is 2.15. The van der Waals surface area contributed by atoms with Crippen molar-refractivity contribution in [1.82, 2.24) is 4.72 Å². The van der Waals surface area contributed by atoms with Gasteiger partial charge in [-0.1, -0.05) is 13.0 Å². The predicted octanol–water partition coefficient (Wildman–Crippen LogP) is 3.19. The lowest BCUT2D eigenvalue weighted by atomic mass is 10.1. The van der Waals surface area contributed by atoms with Gasteiger partial charge in [0, 0.05) is 17.3 Å². The average molecular weight is 404 g/mol. The molecule has 0 unspecified atom stereocenters.